The molecule has 0 aromatic carbocycles. The fourth-order valence-corrected chi connectivity index (χ4v) is 0.830. The van der Waals surface area contributed by atoms with Gasteiger partial charge in [0.2, 0.25) is 0 Å². The molecule has 3 heteroatoms. The molecule has 0 saturated heterocycles. The zero-order valence-electron chi connectivity index (χ0n) is 7.45. The molecule has 0 fully saturated rings. The average Bonchev–Trinajstić information content (AvgIpc) is 2.04. The van der Waals surface area contributed by atoms with Gasteiger partial charge in [-0.05, 0) is 17.3 Å². The Labute approximate surface area is 74.4 Å². The van der Waals surface area contributed by atoms with Gasteiger partial charge in [-0.2, -0.15) is 0 Å². The third kappa shape index (κ3) is 4.08. The lowest BCUT2D eigenvalue weighted by Crippen LogP contribution is -2.52. The fourth-order valence-electron chi connectivity index (χ4n) is 0.830. The average molecular weight is 167 g/mol. The van der Waals surface area contributed by atoms with Crippen LogP contribution in [-0.4, -0.2) is 24.8 Å². The molecule has 0 aliphatic carbocycles. The van der Waals surface area contributed by atoms with Gasteiger partial charge in [-0.3, -0.25) is 0 Å². The van der Waals surface area contributed by atoms with Crippen molar-refractivity contribution in [3.05, 3.63) is 38.0 Å². The van der Waals surface area contributed by atoms with Gasteiger partial charge < -0.3 is 0 Å². The van der Waals surface area contributed by atoms with Crippen molar-refractivity contribution in [3.63, 3.8) is 0 Å². The molecule has 0 saturated carbocycles. The molecule has 0 spiro atoms. The molecule has 67 valence electrons. The van der Waals surface area contributed by atoms with Crippen LogP contribution in [0, 0.1) is 0 Å². The summed E-state index contributed by atoms with van der Waals surface area (Å²) in [5.74, 6) is 5.69. The topological polar surface area (TPSA) is 35.2 Å². The van der Waals surface area contributed by atoms with Crippen LogP contribution < -0.4 is 10.9 Å². The van der Waals surface area contributed by atoms with Gasteiger partial charge in [0.25, 0.3) is 0 Å². The van der Waals surface area contributed by atoms with Gasteiger partial charge in [-0.25, -0.2) is 5.84 Å². The van der Waals surface area contributed by atoms with Gasteiger partial charge in [0.1, 0.15) is 0 Å². The molecule has 0 atom stereocenters. The molecule has 0 aliphatic heterocycles. The number of nitrogens with zero attached hydrogens (tertiary/aromatic N) is 2. The molecule has 0 aliphatic rings. The monoisotopic (exact) mass is 167 g/mol. The van der Waals surface area contributed by atoms with Crippen molar-refractivity contribution in [1.82, 2.24) is 10.1 Å². The standard InChI is InChI=1S/C9H17N3/c1-4-7-11(8-5-2)12(10)9-6-3/h4-6H,1-3,7-10H2/q+1. The SMILES string of the molecule is C=CCN(N)[N+](CC=C)CC=C. The van der Waals surface area contributed by atoms with E-state index < -0.39 is 0 Å². The van der Waals surface area contributed by atoms with Crippen molar-refractivity contribution in [2.24, 2.45) is 5.84 Å². The molecule has 0 heterocycles. The van der Waals surface area contributed by atoms with E-state index in [2.05, 4.69) is 19.7 Å². The highest BCUT2D eigenvalue weighted by Crippen LogP contribution is 1.88. The lowest BCUT2D eigenvalue weighted by atomic mass is 10.5. The predicted octanol–water partition coefficient (Wildman–Crippen LogP) is 0.775. The van der Waals surface area contributed by atoms with Crippen molar-refractivity contribution in [2.75, 3.05) is 19.6 Å². The van der Waals surface area contributed by atoms with E-state index in [-0.39, 0.29) is 0 Å². The van der Waals surface area contributed by atoms with Crippen molar-refractivity contribution < 1.29 is 0 Å². The summed E-state index contributed by atoms with van der Waals surface area (Å²) in [6.45, 7) is 12.9. The van der Waals surface area contributed by atoms with E-state index in [0.717, 1.165) is 13.1 Å². The van der Waals surface area contributed by atoms with Crippen molar-refractivity contribution >= 4 is 0 Å². The molecular weight excluding hydrogens is 150 g/mol. The minimum absolute atomic E-state index is 0.627. The van der Waals surface area contributed by atoms with E-state index in [1.807, 2.05) is 5.01 Å². The van der Waals surface area contributed by atoms with Crippen molar-refractivity contribution in [1.29, 1.82) is 0 Å². The first kappa shape index (κ1) is 11.1. The number of hydrogen-bond donors (Lipinski definition) is 1. The Balaban J connectivity index is 3.96. The molecule has 0 amide bonds. The van der Waals surface area contributed by atoms with Gasteiger partial charge in [-0.1, -0.05) is 24.2 Å². The van der Waals surface area contributed by atoms with E-state index in [1.165, 1.54) is 0 Å². The lowest BCUT2D eigenvalue weighted by molar-refractivity contribution is 0.103. The molecule has 0 bridgehead atoms. The first-order valence-electron chi connectivity index (χ1n) is 3.86. The van der Waals surface area contributed by atoms with Gasteiger partial charge in [0.15, 0.2) is 13.1 Å². The Morgan fingerprint density at radius 3 is 1.92 bits per heavy atom. The van der Waals surface area contributed by atoms with E-state index in [0.29, 0.717) is 6.54 Å². The minimum Gasteiger partial charge on any atom is -0.218 e. The van der Waals surface area contributed by atoms with Crippen LogP contribution in [0.4, 0.5) is 0 Å². The maximum atomic E-state index is 5.69. The molecule has 3 nitrogen and oxygen atoms in total. The van der Waals surface area contributed by atoms with Crippen LogP contribution in [-0.2, 0) is 0 Å². The van der Waals surface area contributed by atoms with Crippen molar-refractivity contribution in [3.8, 4) is 0 Å². The third-order valence-corrected chi connectivity index (χ3v) is 1.36. The molecule has 2 N–H and O–H groups in total. The maximum absolute atomic E-state index is 5.69. The highest BCUT2D eigenvalue weighted by atomic mass is 15.7. The third-order valence-electron chi connectivity index (χ3n) is 1.36. The predicted molar refractivity (Wildman–Crippen MR) is 53.4 cm³/mol. The molecule has 0 unspecified atom stereocenters. The summed E-state index contributed by atoms with van der Waals surface area (Å²) in [4.78, 5) is 0. The smallest absolute Gasteiger partial charge is 0.164 e. The molecule has 12 heavy (non-hydrogen) atoms. The van der Waals surface area contributed by atoms with E-state index >= 15 is 0 Å². The van der Waals surface area contributed by atoms with Gasteiger partial charge in [-0.15, -0.1) is 6.58 Å². The summed E-state index contributed by atoms with van der Waals surface area (Å²) >= 11 is 0. The molecular formula is C9H17N3+. The largest absolute Gasteiger partial charge is 0.218 e. The zero-order chi connectivity index (χ0) is 9.40. The molecule has 1 radical (unpaired) electrons. The highest BCUT2D eigenvalue weighted by molar-refractivity contribution is 4.82. The zero-order valence-corrected chi connectivity index (χ0v) is 7.45. The van der Waals surface area contributed by atoms with Crippen LogP contribution in [0.15, 0.2) is 38.0 Å². The Hall–Kier alpha value is -0.900. The first-order chi connectivity index (χ1) is 5.76. The Bertz CT molecular complexity index is 144. The van der Waals surface area contributed by atoms with E-state index in [9.17, 15) is 0 Å². The van der Waals surface area contributed by atoms with Gasteiger partial charge >= 0.3 is 0 Å². The number of rotatable bonds is 7. The second-order valence-electron chi connectivity index (χ2n) is 2.36. The Kier molecular flexibility index (Phi) is 6.28. The number of hydrazine groups is 2. The van der Waals surface area contributed by atoms with E-state index in [1.54, 1.807) is 23.3 Å². The summed E-state index contributed by atoms with van der Waals surface area (Å²) in [6.07, 6.45) is 5.35. The highest BCUT2D eigenvalue weighted by Gasteiger charge is 2.17. The van der Waals surface area contributed by atoms with Crippen LogP contribution in [0.5, 0.6) is 0 Å². The molecule has 0 aromatic rings. The molecule has 0 aromatic heterocycles. The minimum atomic E-state index is 0.627. The van der Waals surface area contributed by atoms with Crippen LogP contribution in [0.3, 0.4) is 0 Å². The van der Waals surface area contributed by atoms with Crippen LogP contribution in [0.1, 0.15) is 0 Å². The van der Waals surface area contributed by atoms with Crippen LogP contribution in [0.2, 0.25) is 0 Å². The van der Waals surface area contributed by atoms with Crippen molar-refractivity contribution in [2.45, 2.75) is 0 Å². The first-order valence-corrected chi connectivity index (χ1v) is 3.86. The second-order valence-corrected chi connectivity index (χ2v) is 2.36. The maximum Gasteiger partial charge on any atom is 0.164 e. The van der Waals surface area contributed by atoms with Crippen LogP contribution in [0.25, 0.3) is 0 Å². The van der Waals surface area contributed by atoms with Crippen LogP contribution >= 0.6 is 0 Å². The summed E-state index contributed by atoms with van der Waals surface area (Å²) in [7, 11) is 0. The number of hydrogen-bond acceptors (Lipinski definition) is 3. The quantitative estimate of drug-likeness (QED) is 0.263. The second kappa shape index (κ2) is 6.79. The lowest BCUT2D eigenvalue weighted by Gasteiger charge is -2.16. The normalized spacial score (nSPS) is 10.2. The van der Waals surface area contributed by atoms with Gasteiger partial charge in [0, 0.05) is 0 Å². The van der Waals surface area contributed by atoms with E-state index in [4.69, 9.17) is 5.84 Å². The Morgan fingerprint density at radius 1 is 1.08 bits per heavy atom. The summed E-state index contributed by atoms with van der Waals surface area (Å²) in [5.41, 5.74) is 0. The Morgan fingerprint density at radius 2 is 1.58 bits per heavy atom. The number of nitrogens with two attached hydrogens (primary N) is 1. The van der Waals surface area contributed by atoms with Gasteiger partial charge in [0.05, 0.1) is 6.54 Å². The summed E-state index contributed by atoms with van der Waals surface area (Å²) < 4.78 is 0. The summed E-state index contributed by atoms with van der Waals surface area (Å²) in [6, 6.07) is 0. The fraction of sp³-hybridized carbons (Fsp3) is 0.333. The summed E-state index contributed by atoms with van der Waals surface area (Å²) in [5, 5.41) is 3.51. The molecule has 0 rings (SSSR count).